The zero-order valence-electron chi connectivity index (χ0n) is 15.2. The Hall–Kier alpha value is -2.21. The van der Waals surface area contributed by atoms with Crippen molar-refractivity contribution >= 4 is 17.7 Å². The topological polar surface area (TPSA) is 69.7 Å². The van der Waals surface area contributed by atoms with Crippen molar-refractivity contribution < 1.29 is 14.4 Å². The summed E-state index contributed by atoms with van der Waals surface area (Å²) in [5.74, 6) is -0.532. The molecule has 3 rings (SSSR count). The molecule has 0 saturated carbocycles. The van der Waals surface area contributed by atoms with Gasteiger partial charge in [-0.05, 0) is 44.5 Å². The molecule has 140 valence electrons. The molecule has 1 aromatic rings. The van der Waals surface area contributed by atoms with Crippen LogP contribution in [0, 0.1) is 0 Å². The van der Waals surface area contributed by atoms with Gasteiger partial charge in [-0.15, -0.1) is 0 Å². The van der Waals surface area contributed by atoms with Crippen molar-refractivity contribution in [3.05, 3.63) is 35.4 Å². The van der Waals surface area contributed by atoms with E-state index < -0.39 is 0 Å². The van der Waals surface area contributed by atoms with E-state index in [-0.39, 0.29) is 24.3 Å². The lowest BCUT2D eigenvalue weighted by Gasteiger charge is -2.19. The second kappa shape index (κ2) is 8.94. The normalized spacial score (nSPS) is 17.9. The maximum Gasteiger partial charge on any atom is 0.261 e. The SMILES string of the molecule is O=C(CCCN1C(=O)c2ccccc2C1=O)NCCN1CCCCCC1. The average Bonchev–Trinajstić information content (AvgIpc) is 2.83. The van der Waals surface area contributed by atoms with Crippen LogP contribution in [0.15, 0.2) is 24.3 Å². The summed E-state index contributed by atoms with van der Waals surface area (Å²) >= 11 is 0. The number of carbonyl (C=O) groups excluding carboxylic acids is 3. The van der Waals surface area contributed by atoms with E-state index in [2.05, 4.69) is 10.2 Å². The van der Waals surface area contributed by atoms with Crippen LogP contribution in [0.25, 0.3) is 0 Å². The van der Waals surface area contributed by atoms with E-state index in [0.717, 1.165) is 19.6 Å². The fraction of sp³-hybridized carbons (Fsp3) is 0.550. The van der Waals surface area contributed by atoms with Gasteiger partial charge in [0.15, 0.2) is 0 Å². The lowest BCUT2D eigenvalue weighted by Crippen LogP contribution is -2.36. The molecule has 1 fully saturated rings. The minimum Gasteiger partial charge on any atom is -0.355 e. The van der Waals surface area contributed by atoms with Gasteiger partial charge >= 0.3 is 0 Å². The summed E-state index contributed by atoms with van der Waals surface area (Å²) in [6.45, 7) is 4.08. The van der Waals surface area contributed by atoms with Crippen LogP contribution in [-0.2, 0) is 4.79 Å². The van der Waals surface area contributed by atoms with Gasteiger partial charge in [-0.1, -0.05) is 25.0 Å². The van der Waals surface area contributed by atoms with E-state index in [1.54, 1.807) is 24.3 Å². The minimum atomic E-state index is -0.257. The van der Waals surface area contributed by atoms with Crippen molar-refractivity contribution in [2.45, 2.75) is 38.5 Å². The molecule has 6 nitrogen and oxygen atoms in total. The number of nitrogens with one attached hydrogen (secondary N) is 1. The number of benzene rings is 1. The van der Waals surface area contributed by atoms with Crippen molar-refractivity contribution in [1.29, 1.82) is 0 Å². The first kappa shape index (κ1) is 18.6. The van der Waals surface area contributed by atoms with E-state index in [1.165, 1.54) is 30.6 Å². The molecule has 2 aliphatic heterocycles. The zero-order chi connectivity index (χ0) is 18.4. The summed E-state index contributed by atoms with van der Waals surface area (Å²) in [7, 11) is 0. The third-order valence-electron chi connectivity index (χ3n) is 5.11. The summed E-state index contributed by atoms with van der Waals surface area (Å²) in [6, 6.07) is 6.85. The second-order valence-electron chi connectivity index (χ2n) is 7.02. The molecule has 0 spiro atoms. The molecular weight excluding hydrogens is 330 g/mol. The monoisotopic (exact) mass is 357 g/mol. The van der Waals surface area contributed by atoms with E-state index in [4.69, 9.17) is 0 Å². The minimum absolute atomic E-state index is 0.0172. The van der Waals surface area contributed by atoms with Crippen molar-refractivity contribution in [3.63, 3.8) is 0 Å². The van der Waals surface area contributed by atoms with E-state index in [9.17, 15) is 14.4 Å². The van der Waals surface area contributed by atoms with Crippen LogP contribution >= 0.6 is 0 Å². The number of rotatable bonds is 7. The van der Waals surface area contributed by atoms with Gasteiger partial charge in [0, 0.05) is 26.1 Å². The molecule has 2 aliphatic rings. The summed E-state index contributed by atoms with van der Waals surface area (Å²) in [6.07, 6.45) is 5.91. The van der Waals surface area contributed by atoms with Gasteiger partial charge in [-0.3, -0.25) is 19.3 Å². The highest BCUT2D eigenvalue weighted by Gasteiger charge is 2.34. The molecule has 0 atom stereocenters. The number of fused-ring (bicyclic) bond motifs is 1. The Labute approximate surface area is 154 Å². The van der Waals surface area contributed by atoms with Crippen molar-refractivity contribution in [2.75, 3.05) is 32.7 Å². The lowest BCUT2D eigenvalue weighted by molar-refractivity contribution is -0.121. The van der Waals surface area contributed by atoms with Crippen LogP contribution in [0.4, 0.5) is 0 Å². The molecule has 1 aromatic carbocycles. The first-order valence-corrected chi connectivity index (χ1v) is 9.61. The highest BCUT2D eigenvalue weighted by Crippen LogP contribution is 2.22. The molecule has 2 heterocycles. The molecule has 1 N–H and O–H groups in total. The number of nitrogens with zero attached hydrogens (tertiary/aromatic N) is 2. The van der Waals surface area contributed by atoms with Gasteiger partial charge in [0.1, 0.15) is 0 Å². The van der Waals surface area contributed by atoms with Crippen molar-refractivity contribution in [2.24, 2.45) is 0 Å². The number of imide groups is 1. The molecule has 0 aliphatic carbocycles. The van der Waals surface area contributed by atoms with Crippen LogP contribution in [-0.4, -0.2) is 60.2 Å². The predicted molar refractivity (Wildman–Crippen MR) is 99.0 cm³/mol. The van der Waals surface area contributed by atoms with Gasteiger partial charge in [-0.25, -0.2) is 0 Å². The van der Waals surface area contributed by atoms with Crippen LogP contribution in [0.3, 0.4) is 0 Å². The Morgan fingerprint density at radius 1 is 0.923 bits per heavy atom. The third kappa shape index (κ3) is 4.49. The molecule has 6 heteroatoms. The first-order valence-electron chi connectivity index (χ1n) is 9.61. The molecule has 0 bridgehead atoms. The summed E-state index contributed by atoms with van der Waals surface area (Å²) < 4.78 is 0. The molecule has 3 amide bonds. The van der Waals surface area contributed by atoms with Crippen LogP contribution in [0.2, 0.25) is 0 Å². The molecule has 0 aromatic heterocycles. The zero-order valence-corrected chi connectivity index (χ0v) is 15.2. The first-order chi connectivity index (χ1) is 12.7. The standard InChI is InChI=1S/C20H27N3O3/c24-18(21-11-15-22-12-5-1-2-6-13-22)10-7-14-23-19(25)16-8-3-4-9-17(16)20(23)26/h3-4,8-9H,1-2,5-7,10-15H2,(H,21,24). The molecule has 0 radical (unpaired) electrons. The number of hydrogen-bond donors (Lipinski definition) is 1. The molecular formula is C20H27N3O3. The quantitative estimate of drug-likeness (QED) is 0.759. The maximum atomic E-state index is 12.3. The highest BCUT2D eigenvalue weighted by molar-refractivity contribution is 6.21. The lowest BCUT2D eigenvalue weighted by atomic mass is 10.1. The predicted octanol–water partition coefficient (Wildman–Crippen LogP) is 2.05. The Morgan fingerprint density at radius 3 is 2.15 bits per heavy atom. The number of carbonyl (C=O) groups is 3. The fourth-order valence-corrected chi connectivity index (χ4v) is 3.64. The van der Waals surface area contributed by atoms with Gasteiger partial charge in [0.2, 0.25) is 5.91 Å². The van der Waals surface area contributed by atoms with Gasteiger partial charge in [-0.2, -0.15) is 0 Å². The smallest absolute Gasteiger partial charge is 0.261 e. The number of likely N-dealkylation sites (tertiary alicyclic amines) is 1. The molecule has 26 heavy (non-hydrogen) atoms. The van der Waals surface area contributed by atoms with Gasteiger partial charge in [0.25, 0.3) is 11.8 Å². The largest absolute Gasteiger partial charge is 0.355 e. The van der Waals surface area contributed by atoms with Crippen molar-refractivity contribution in [1.82, 2.24) is 15.1 Å². The van der Waals surface area contributed by atoms with Crippen LogP contribution in [0.1, 0.15) is 59.2 Å². The molecule has 1 saturated heterocycles. The summed E-state index contributed by atoms with van der Waals surface area (Å²) in [4.78, 5) is 40.2. The number of hydrogen-bond acceptors (Lipinski definition) is 4. The number of amides is 3. The van der Waals surface area contributed by atoms with E-state index >= 15 is 0 Å². The Morgan fingerprint density at radius 2 is 1.54 bits per heavy atom. The van der Waals surface area contributed by atoms with Gasteiger partial charge < -0.3 is 10.2 Å². The second-order valence-corrected chi connectivity index (χ2v) is 7.02. The van der Waals surface area contributed by atoms with Crippen LogP contribution < -0.4 is 5.32 Å². The molecule has 0 unspecified atom stereocenters. The summed E-state index contributed by atoms with van der Waals surface area (Å²) in [5, 5.41) is 2.95. The average molecular weight is 357 g/mol. The van der Waals surface area contributed by atoms with Crippen molar-refractivity contribution in [3.8, 4) is 0 Å². The summed E-state index contributed by atoms with van der Waals surface area (Å²) in [5.41, 5.74) is 0.916. The highest BCUT2D eigenvalue weighted by atomic mass is 16.2. The Balaban J connectivity index is 1.35. The van der Waals surface area contributed by atoms with E-state index in [0.29, 0.717) is 30.5 Å². The third-order valence-corrected chi connectivity index (χ3v) is 5.11. The van der Waals surface area contributed by atoms with E-state index in [1.807, 2.05) is 0 Å². The fourth-order valence-electron chi connectivity index (χ4n) is 3.64. The Kier molecular flexibility index (Phi) is 6.39. The van der Waals surface area contributed by atoms with Crippen LogP contribution in [0.5, 0.6) is 0 Å². The Bertz CT molecular complexity index is 631. The maximum absolute atomic E-state index is 12.3. The van der Waals surface area contributed by atoms with Gasteiger partial charge in [0.05, 0.1) is 11.1 Å².